The molecule has 1 N–H and O–H groups in total. The first-order valence-electron chi connectivity index (χ1n) is 8.71. The van der Waals surface area contributed by atoms with Gasteiger partial charge < -0.3 is 14.6 Å². The molecule has 2 unspecified atom stereocenters. The summed E-state index contributed by atoms with van der Waals surface area (Å²) < 4.78 is 1.90. The average molecular weight is 329 g/mol. The van der Waals surface area contributed by atoms with Gasteiger partial charge in [0.1, 0.15) is 23.6 Å². The molecule has 3 rings (SSSR count). The molecular weight excluding hydrogens is 302 g/mol. The standard InChI is InChI=1S/C18H27N5O/c1-12(2)17-20-13(3)10-15(21-17)23-8-5-6-14(11-23)16(24)18-19-7-9-22(18)4/h7,9-10,12,14,16,24H,5-6,8,11H2,1-4H3. The Morgan fingerprint density at radius 2 is 2.08 bits per heavy atom. The number of aliphatic hydroxyl groups excluding tert-OH is 1. The Labute approximate surface area is 143 Å². The smallest absolute Gasteiger partial charge is 0.137 e. The minimum atomic E-state index is -0.541. The van der Waals surface area contributed by atoms with Crippen molar-refractivity contribution >= 4 is 5.82 Å². The molecule has 0 radical (unpaired) electrons. The van der Waals surface area contributed by atoms with E-state index in [0.29, 0.717) is 5.92 Å². The molecule has 3 heterocycles. The van der Waals surface area contributed by atoms with Gasteiger partial charge >= 0.3 is 0 Å². The maximum Gasteiger partial charge on any atom is 0.137 e. The van der Waals surface area contributed by atoms with E-state index in [1.165, 1.54) is 0 Å². The highest BCUT2D eigenvalue weighted by molar-refractivity contribution is 5.40. The third-order valence-electron chi connectivity index (χ3n) is 4.73. The molecule has 24 heavy (non-hydrogen) atoms. The molecule has 1 aliphatic rings. The highest BCUT2D eigenvalue weighted by atomic mass is 16.3. The lowest BCUT2D eigenvalue weighted by atomic mass is 9.92. The summed E-state index contributed by atoms with van der Waals surface area (Å²) in [6.45, 7) is 8.01. The monoisotopic (exact) mass is 329 g/mol. The predicted molar refractivity (Wildman–Crippen MR) is 94.0 cm³/mol. The summed E-state index contributed by atoms with van der Waals surface area (Å²) in [7, 11) is 1.93. The zero-order chi connectivity index (χ0) is 17.3. The highest BCUT2D eigenvalue weighted by Gasteiger charge is 2.30. The van der Waals surface area contributed by atoms with Gasteiger partial charge in [-0.05, 0) is 19.8 Å². The third-order valence-corrected chi connectivity index (χ3v) is 4.73. The second-order valence-electron chi connectivity index (χ2n) is 7.07. The van der Waals surface area contributed by atoms with Gasteiger partial charge in [-0.25, -0.2) is 15.0 Å². The van der Waals surface area contributed by atoms with Crippen LogP contribution in [-0.4, -0.2) is 37.7 Å². The summed E-state index contributed by atoms with van der Waals surface area (Å²) in [4.78, 5) is 15.9. The Morgan fingerprint density at radius 1 is 1.29 bits per heavy atom. The van der Waals surface area contributed by atoms with Gasteiger partial charge in [0.15, 0.2) is 0 Å². The molecular formula is C18H27N5O. The first-order chi connectivity index (χ1) is 11.5. The molecule has 0 saturated carbocycles. The van der Waals surface area contributed by atoms with Crippen LogP contribution in [0, 0.1) is 12.8 Å². The largest absolute Gasteiger partial charge is 0.385 e. The summed E-state index contributed by atoms with van der Waals surface area (Å²) in [5.74, 6) is 3.07. The second kappa shape index (κ2) is 6.89. The summed E-state index contributed by atoms with van der Waals surface area (Å²) in [6, 6.07) is 2.04. The molecule has 1 saturated heterocycles. The lowest BCUT2D eigenvalue weighted by Crippen LogP contribution is -2.39. The number of anilines is 1. The van der Waals surface area contributed by atoms with Gasteiger partial charge in [0.2, 0.25) is 0 Å². The summed E-state index contributed by atoms with van der Waals surface area (Å²) in [5.41, 5.74) is 0.996. The molecule has 0 aromatic carbocycles. The van der Waals surface area contributed by atoms with Crippen molar-refractivity contribution in [1.82, 2.24) is 19.5 Å². The first-order valence-corrected chi connectivity index (χ1v) is 8.71. The predicted octanol–water partition coefficient (Wildman–Crippen LogP) is 2.59. The molecule has 2 aromatic heterocycles. The lowest BCUT2D eigenvalue weighted by Gasteiger charge is -2.35. The Hall–Kier alpha value is -1.95. The SMILES string of the molecule is Cc1cc(N2CCCC(C(O)c3nccn3C)C2)nc(C(C)C)n1. The molecule has 6 nitrogen and oxygen atoms in total. The third kappa shape index (κ3) is 3.43. The van der Waals surface area contributed by atoms with Crippen molar-refractivity contribution in [3.8, 4) is 0 Å². The van der Waals surface area contributed by atoms with E-state index >= 15 is 0 Å². The van der Waals surface area contributed by atoms with Crippen LogP contribution in [0.3, 0.4) is 0 Å². The quantitative estimate of drug-likeness (QED) is 0.934. The number of rotatable bonds is 4. The zero-order valence-corrected chi connectivity index (χ0v) is 15.0. The number of aliphatic hydroxyl groups is 1. The van der Waals surface area contributed by atoms with Crippen LogP contribution in [0.15, 0.2) is 18.5 Å². The molecule has 6 heteroatoms. The van der Waals surface area contributed by atoms with E-state index in [2.05, 4.69) is 28.7 Å². The lowest BCUT2D eigenvalue weighted by molar-refractivity contribution is 0.0873. The second-order valence-corrected chi connectivity index (χ2v) is 7.07. The Kier molecular flexibility index (Phi) is 4.85. The number of aryl methyl sites for hydroxylation is 2. The molecule has 0 spiro atoms. The topological polar surface area (TPSA) is 67.1 Å². The number of piperidine rings is 1. The van der Waals surface area contributed by atoms with Crippen LogP contribution < -0.4 is 4.90 Å². The molecule has 2 atom stereocenters. The number of aromatic nitrogens is 4. The Bertz CT molecular complexity index is 696. The molecule has 0 amide bonds. The average Bonchev–Trinajstić information content (AvgIpc) is 2.99. The molecule has 0 bridgehead atoms. The van der Waals surface area contributed by atoms with E-state index in [1.807, 2.05) is 30.8 Å². The molecule has 1 aliphatic heterocycles. The van der Waals surface area contributed by atoms with Crippen LogP contribution in [0.2, 0.25) is 0 Å². The zero-order valence-electron chi connectivity index (χ0n) is 15.0. The summed E-state index contributed by atoms with van der Waals surface area (Å²) in [5, 5.41) is 10.7. The fraction of sp³-hybridized carbons (Fsp3) is 0.611. The van der Waals surface area contributed by atoms with Gasteiger partial charge in [-0.2, -0.15) is 0 Å². The van der Waals surface area contributed by atoms with Gasteiger partial charge in [-0.15, -0.1) is 0 Å². The van der Waals surface area contributed by atoms with Crippen LogP contribution in [0.25, 0.3) is 0 Å². The van der Waals surface area contributed by atoms with E-state index in [9.17, 15) is 5.11 Å². The van der Waals surface area contributed by atoms with Crippen molar-refractivity contribution in [2.45, 2.75) is 45.6 Å². The van der Waals surface area contributed by atoms with Crippen LogP contribution in [0.4, 0.5) is 5.82 Å². The molecule has 1 fully saturated rings. The van der Waals surface area contributed by atoms with Gasteiger partial charge in [0, 0.05) is 56.1 Å². The summed E-state index contributed by atoms with van der Waals surface area (Å²) in [6.07, 6.45) is 5.13. The van der Waals surface area contributed by atoms with Gasteiger partial charge in [0.25, 0.3) is 0 Å². The van der Waals surface area contributed by atoms with Crippen molar-refractivity contribution in [3.05, 3.63) is 35.8 Å². The van der Waals surface area contributed by atoms with Gasteiger partial charge in [0.05, 0.1) is 0 Å². The number of nitrogens with zero attached hydrogens (tertiary/aromatic N) is 5. The highest BCUT2D eigenvalue weighted by Crippen LogP contribution is 2.31. The molecule has 0 aliphatic carbocycles. The number of hydrogen-bond donors (Lipinski definition) is 1. The first kappa shape index (κ1) is 16.9. The van der Waals surface area contributed by atoms with Crippen molar-refractivity contribution in [2.24, 2.45) is 13.0 Å². The minimum Gasteiger partial charge on any atom is -0.385 e. The van der Waals surface area contributed by atoms with Gasteiger partial charge in [-0.3, -0.25) is 0 Å². The van der Waals surface area contributed by atoms with Crippen LogP contribution in [-0.2, 0) is 7.05 Å². The van der Waals surface area contributed by atoms with Crippen LogP contribution in [0.5, 0.6) is 0 Å². The van der Waals surface area contributed by atoms with E-state index in [0.717, 1.165) is 49.1 Å². The van der Waals surface area contributed by atoms with Crippen LogP contribution >= 0.6 is 0 Å². The van der Waals surface area contributed by atoms with E-state index < -0.39 is 6.10 Å². The fourth-order valence-electron chi connectivity index (χ4n) is 3.34. The molecule has 2 aromatic rings. The van der Waals surface area contributed by atoms with E-state index in [4.69, 9.17) is 4.98 Å². The number of imidazole rings is 1. The van der Waals surface area contributed by atoms with Crippen molar-refractivity contribution in [1.29, 1.82) is 0 Å². The maximum atomic E-state index is 10.7. The van der Waals surface area contributed by atoms with E-state index in [-0.39, 0.29) is 5.92 Å². The van der Waals surface area contributed by atoms with Gasteiger partial charge in [-0.1, -0.05) is 13.8 Å². The van der Waals surface area contributed by atoms with Crippen LogP contribution in [0.1, 0.15) is 56.1 Å². The Morgan fingerprint density at radius 3 is 2.75 bits per heavy atom. The van der Waals surface area contributed by atoms with Crippen molar-refractivity contribution in [3.63, 3.8) is 0 Å². The Balaban J connectivity index is 1.80. The van der Waals surface area contributed by atoms with Crippen molar-refractivity contribution < 1.29 is 5.11 Å². The minimum absolute atomic E-state index is 0.164. The maximum absolute atomic E-state index is 10.7. The normalized spacial score (nSPS) is 19.8. The summed E-state index contributed by atoms with van der Waals surface area (Å²) >= 11 is 0. The molecule has 130 valence electrons. The van der Waals surface area contributed by atoms with E-state index in [1.54, 1.807) is 6.20 Å². The number of hydrogen-bond acceptors (Lipinski definition) is 5. The van der Waals surface area contributed by atoms with Crippen molar-refractivity contribution in [2.75, 3.05) is 18.0 Å². The fourth-order valence-corrected chi connectivity index (χ4v) is 3.34.